The predicted octanol–water partition coefficient (Wildman–Crippen LogP) is 2.64. The highest BCUT2D eigenvalue weighted by Gasteiger charge is 2.14. The Morgan fingerprint density at radius 3 is 2.74 bits per heavy atom. The standard InChI is InChI=1S/C12H9ClN4O2/c13-11-5-7(3-4-16-11)12(15)9-6-8(17(18)19)1-2-10(9)14/h1-6,15H,14H2. The zero-order valence-electron chi connectivity index (χ0n) is 9.63. The van der Waals surface area contributed by atoms with E-state index in [1.807, 2.05) is 0 Å². The molecular weight excluding hydrogens is 268 g/mol. The molecule has 19 heavy (non-hydrogen) atoms. The van der Waals surface area contributed by atoms with Crippen LogP contribution in [0, 0.1) is 15.5 Å². The van der Waals surface area contributed by atoms with E-state index in [9.17, 15) is 10.1 Å². The topological polar surface area (TPSA) is 106 Å². The van der Waals surface area contributed by atoms with Crippen molar-refractivity contribution in [1.29, 1.82) is 5.41 Å². The molecule has 7 heteroatoms. The third kappa shape index (κ3) is 2.69. The van der Waals surface area contributed by atoms with E-state index in [1.54, 1.807) is 6.07 Å². The van der Waals surface area contributed by atoms with Gasteiger partial charge in [-0.15, -0.1) is 0 Å². The van der Waals surface area contributed by atoms with Gasteiger partial charge >= 0.3 is 0 Å². The molecule has 0 bridgehead atoms. The number of hydrogen-bond acceptors (Lipinski definition) is 5. The molecule has 0 aliphatic carbocycles. The molecule has 0 aliphatic rings. The molecule has 1 aromatic carbocycles. The van der Waals surface area contributed by atoms with Crippen LogP contribution in [0.1, 0.15) is 11.1 Å². The van der Waals surface area contributed by atoms with E-state index in [1.165, 1.54) is 30.5 Å². The minimum atomic E-state index is -0.532. The number of nitrogens with one attached hydrogen (secondary N) is 1. The minimum Gasteiger partial charge on any atom is -0.398 e. The van der Waals surface area contributed by atoms with E-state index in [-0.39, 0.29) is 22.1 Å². The van der Waals surface area contributed by atoms with Gasteiger partial charge in [-0.2, -0.15) is 0 Å². The first-order valence-electron chi connectivity index (χ1n) is 5.24. The van der Waals surface area contributed by atoms with Gasteiger partial charge < -0.3 is 5.73 Å². The Bertz CT molecular complexity index is 673. The maximum absolute atomic E-state index is 10.7. The van der Waals surface area contributed by atoms with E-state index in [0.29, 0.717) is 11.3 Å². The zero-order chi connectivity index (χ0) is 14.0. The highest BCUT2D eigenvalue weighted by Crippen LogP contribution is 2.23. The Labute approximate surface area is 113 Å². The first kappa shape index (κ1) is 13.0. The van der Waals surface area contributed by atoms with Gasteiger partial charge in [0.2, 0.25) is 0 Å². The molecule has 0 atom stereocenters. The molecule has 1 aromatic heterocycles. The van der Waals surface area contributed by atoms with Gasteiger partial charge in [-0.3, -0.25) is 15.5 Å². The monoisotopic (exact) mass is 276 g/mol. The summed E-state index contributed by atoms with van der Waals surface area (Å²) < 4.78 is 0. The smallest absolute Gasteiger partial charge is 0.270 e. The van der Waals surface area contributed by atoms with Gasteiger partial charge in [0, 0.05) is 35.1 Å². The second-order valence-electron chi connectivity index (χ2n) is 3.77. The molecule has 0 unspecified atom stereocenters. The molecule has 3 N–H and O–H groups in total. The molecule has 0 saturated carbocycles. The summed E-state index contributed by atoms with van der Waals surface area (Å²) >= 11 is 5.75. The zero-order valence-corrected chi connectivity index (χ0v) is 10.4. The van der Waals surface area contributed by atoms with Crippen molar-refractivity contribution < 1.29 is 4.92 Å². The lowest BCUT2D eigenvalue weighted by Gasteiger charge is -2.07. The fourth-order valence-electron chi connectivity index (χ4n) is 1.59. The number of rotatable bonds is 3. The molecule has 0 spiro atoms. The molecule has 1 heterocycles. The van der Waals surface area contributed by atoms with Gasteiger partial charge in [-0.1, -0.05) is 11.6 Å². The van der Waals surface area contributed by atoms with Crippen LogP contribution >= 0.6 is 11.6 Å². The van der Waals surface area contributed by atoms with Crippen molar-refractivity contribution in [3.05, 3.63) is 62.9 Å². The fourth-order valence-corrected chi connectivity index (χ4v) is 1.76. The van der Waals surface area contributed by atoms with Crippen LogP contribution in [0.5, 0.6) is 0 Å². The number of pyridine rings is 1. The summed E-state index contributed by atoms with van der Waals surface area (Å²) in [4.78, 5) is 14.0. The first-order chi connectivity index (χ1) is 8.99. The van der Waals surface area contributed by atoms with E-state index >= 15 is 0 Å². The highest BCUT2D eigenvalue weighted by molar-refractivity contribution is 6.30. The van der Waals surface area contributed by atoms with Crippen LogP contribution in [0.25, 0.3) is 0 Å². The number of nitrogen functional groups attached to an aromatic ring is 1. The Morgan fingerprint density at radius 2 is 2.11 bits per heavy atom. The highest BCUT2D eigenvalue weighted by atomic mass is 35.5. The Balaban J connectivity index is 2.49. The lowest BCUT2D eigenvalue weighted by Crippen LogP contribution is -2.06. The second kappa shape index (κ2) is 5.03. The minimum absolute atomic E-state index is 0.0606. The quantitative estimate of drug-likeness (QED) is 0.295. The molecule has 0 fully saturated rings. The number of non-ortho nitro benzene ring substituents is 1. The van der Waals surface area contributed by atoms with Gasteiger partial charge in [-0.05, 0) is 18.2 Å². The lowest BCUT2D eigenvalue weighted by atomic mass is 10.0. The maximum Gasteiger partial charge on any atom is 0.270 e. The average Bonchev–Trinajstić information content (AvgIpc) is 2.38. The third-order valence-corrected chi connectivity index (χ3v) is 2.74. The van der Waals surface area contributed by atoms with Gasteiger partial charge in [0.1, 0.15) is 5.15 Å². The second-order valence-corrected chi connectivity index (χ2v) is 4.16. The largest absolute Gasteiger partial charge is 0.398 e. The first-order valence-corrected chi connectivity index (χ1v) is 5.61. The van der Waals surface area contributed by atoms with Crippen LogP contribution in [-0.4, -0.2) is 15.6 Å². The van der Waals surface area contributed by atoms with Gasteiger partial charge in [0.15, 0.2) is 0 Å². The molecule has 0 amide bonds. The van der Waals surface area contributed by atoms with E-state index < -0.39 is 4.92 Å². The van der Waals surface area contributed by atoms with Gasteiger partial charge in [-0.25, -0.2) is 4.98 Å². The number of benzene rings is 1. The van der Waals surface area contributed by atoms with E-state index in [0.717, 1.165) is 0 Å². The Kier molecular flexibility index (Phi) is 3.43. The van der Waals surface area contributed by atoms with Crippen molar-refractivity contribution in [3.8, 4) is 0 Å². The third-order valence-electron chi connectivity index (χ3n) is 2.53. The summed E-state index contributed by atoms with van der Waals surface area (Å²) in [7, 11) is 0. The maximum atomic E-state index is 10.7. The van der Waals surface area contributed by atoms with Crippen LogP contribution in [-0.2, 0) is 0 Å². The van der Waals surface area contributed by atoms with Crippen molar-refractivity contribution in [2.45, 2.75) is 0 Å². The average molecular weight is 277 g/mol. The number of halogens is 1. The van der Waals surface area contributed by atoms with Gasteiger partial charge in [0.25, 0.3) is 5.69 Å². The summed E-state index contributed by atoms with van der Waals surface area (Å²) in [5.74, 6) is 0. The molecule has 0 saturated heterocycles. The van der Waals surface area contributed by atoms with Crippen molar-refractivity contribution in [2.24, 2.45) is 0 Å². The van der Waals surface area contributed by atoms with Crippen LogP contribution < -0.4 is 5.73 Å². The molecule has 2 aromatic rings. The predicted molar refractivity (Wildman–Crippen MR) is 72.7 cm³/mol. The number of nitro groups is 1. The lowest BCUT2D eigenvalue weighted by molar-refractivity contribution is -0.384. The number of nitrogens with two attached hydrogens (primary N) is 1. The molecule has 0 aliphatic heterocycles. The molecular formula is C12H9ClN4O2. The normalized spacial score (nSPS) is 10.2. The molecule has 2 rings (SSSR count). The Hall–Kier alpha value is -2.47. The van der Waals surface area contributed by atoms with E-state index in [4.69, 9.17) is 22.7 Å². The van der Waals surface area contributed by atoms with Crippen molar-refractivity contribution in [1.82, 2.24) is 4.98 Å². The number of hydrogen-bond donors (Lipinski definition) is 2. The summed E-state index contributed by atoms with van der Waals surface area (Å²) in [6.07, 6.45) is 1.46. The fraction of sp³-hybridized carbons (Fsp3) is 0. The summed E-state index contributed by atoms with van der Waals surface area (Å²) in [5.41, 5.74) is 6.77. The van der Waals surface area contributed by atoms with E-state index in [2.05, 4.69) is 4.98 Å². The van der Waals surface area contributed by atoms with Gasteiger partial charge in [0.05, 0.1) is 10.6 Å². The molecule has 6 nitrogen and oxygen atoms in total. The SMILES string of the molecule is N=C(c1ccnc(Cl)c1)c1cc([N+](=O)[O-])ccc1N. The summed E-state index contributed by atoms with van der Waals surface area (Å²) in [6.45, 7) is 0. The van der Waals surface area contributed by atoms with Crippen molar-refractivity contribution >= 4 is 28.7 Å². The van der Waals surface area contributed by atoms with Crippen LogP contribution in [0.2, 0.25) is 5.15 Å². The Morgan fingerprint density at radius 1 is 1.37 bits per heavy atom. The van der Waals surface area contributed by atoms with Crippen molar-refractivity contribution in [2.75, 3.05) is 5.73 Å². The molecule has 96 valence electrons. The summed E-state index contributed by atoms with van der Waals surface area (Å²) in [6, 6.07) is 7.07. The van der Waals surface area contributed by atoms with Crippen LogP contribution in [0.15, 0.2) is 36.5 Å². The van der Waals surface area contributed by atoms with Crippen molar-refractivity contribution in [3.63, 3.8) is 0 Å². The number of aromatic nitrogens is 1. The molecule has 0 radical (unpaired) electrons. The van der Waals surface area contributed by atoms with Crippen LogP contribution in [0.4, 0.5) is 11.4 Å². The number of anilines is 1. The number of nitro benzene ring substituents is 1. The van der Waals surface area contributed by atoms with Crippen LogP contribution in [0.3, 0.4) is 0 Å². The number of nitrogens with zero attached hydrogens (tertiary/aromatic N) is 2. The summed E-state index contributed by atoms with van der Waals surface area (Å²) in [5, 5.41) is 19.0.